The predicted molar refractivity (Wildman–Crippen MR) is 57.2 cm³/mol. The molecule has 0 aromatic rings. The lowest BCUT2D eigenvalue weighted by molar-refractivity contribution is -0.134. The van der Waals surface area contributed by atoms with Gasteiger partial charge in [0.25, 0.3) is 0 Å². The Bertz CT molecular complexity index is 196. The van der Waals surface area contributed by atoms with Crippen LogP contribution in [0.15, 0.2) is 0 Å². The van der Waals surface area contributed by atoms with Crippen LogP contribution in [0.1, 0.15) is 33.1 Å². The minimum absolute atomic E-state index is 0.0265. The number of carboxylic acid groups (broad SMARTS) is 1. The fourth-order valence-corrected chi connectivity index (χ4v) is 1.87. The first-order chi connectivity index (χ1) is 6.60. The lowest BCUT2D eigenvalue weighted by Crippen LogP contribution is -2.32. The average Bonchev–Trinajstić information content (AvgIpc) is 2.14. The van der Waals surface area contributed by atoms with E-state index in [1.807, 2.05) is 6.92 Å². The molecular formula is C9H17NO3S. The summed E-state index contributed by atoms with van der Waals surface area (Å²) < 4.78 is 0. The Morgan fingerprint density at radius 2 is 2.07 bits per heavy atom. The van der Waals surface area contributed by atoms with E-state index in [2.05, 4.69) is 5.32 Å². The van der Waals surface area contributed by atoms with Gasteiger partial charge in [-0.1, -0.05) is 20.3 Å². The summed E-state index contributed by atoms with van der Waals surface area (Å²) in [5, 5.41) is 11.2. The minimum atomic E-state index is -0.846. The average molecular weight is 219 g/mol. The standard InChI is InChI=1S/C9H17NO3S/c1-3-5-8(10-7(11)4-2)14-6-9(12)13/h8H,3-6H2,1-2H3,(H,10,11)(H,12,13). The molecule has 0 radical (unpaired) electrons. The van der Waals surface area contributed by atoms with E-state index < -0.39 is 5.97 Å². The van der Waals surface area contributed by atoms with E-state index in [0.29, 0.717) is 6.42 Å². The largest absolute Gasteiger partial charge is 0.481 e. The van der Waals surface area contributed by atoms with Crippen LogP contribution in [0.2, 0.25) is 0 Å². The van der Waals surface area contributed by atoms with Crippen molar-refractivity contribution in [3.05, 3.63) is 0 Å². The lowest BCUT2D eigenvalue weighted by Gasteiger charge is -2.15. The second kappa shape index (κ2) is 7.67. The van der Waals surface area contributed by atoms with Gasteiger partial charge >= 0.3 is 5.97 Å². The van der Waals surface area contributed by atoms with Crippen LogP contribution >= 0.6 is 11.8 Å². The maximum Gasteiger partial charge on any atom is 0.313 e. The summed E-state index contributed by atoms with van der Waals surface area (Å²) in [5.41, 5.74) is 0. The number of amides is 1. The quantitative estimate of drug-likeness (QED) is 0.636. The molecule has 0 bridgehead atoms. The number of hydrogen-bond donors (Lipinski definition) is 2. The highest BCUT2D eigenvalue weighted by Gasteiger charge is 2.12. The van der Waals surface area contributed by atoms with Crippen molar-refractivity contribution in [1.29, 1.82) is 0 Å². The van der Waals surface area contributed by atoms with Crippen LogP contribution in [0.5, 0.6) is 0 Å². The highest BCUT2D eigenvalue weighted by molar-refractivity contribution is 8.00. The molecule has 0 spiro atoms. The Morgan fingerprint density at radius 1 is 1.43 bits per heavy atom. The molecule has 0 rings (SSSR count). The molecular weight excluding hydrogens is 202 g/mol. The number of nitrogens with one attached hydrogen (secondary N) is 1. The Balaban J connectivity index is 3.88. The molecule has 14 heavy (non-hydrogen) atoms. The van der Waals surface area contributed by atoms with E-state index >= 15 is 0 Å². The van der Waals surface area contributed by atoms with Gasteiger partial charge in [0, 0.05) is 6.42 Å². The van der Waals surface area contributed by atoms with Crippen LogP contribution in [0.3, 0.4) is 0 Å². The lowest BCUT2D eigenvalue weighted by atomic mass is 10.3. The first-order valence-electron chi connectivity index (χ1n) is 4.72. The van der Waals surface area contributed by atoms with Gasteiger partial charge in [-0.05, 0) is 6.42 Å². The van der Waals surface area contributed by atoms with Crippen molar-refractivity contribution in [2.75, 3.05) is 5.75 Å². The highest BCUT2D eigenvalue weighted by Crippen LogP contribution is 2.13. The summed E-state index contributed by atoms with van der Waals surface area (Å²) in [5.74, 6) is -0.836. The number of rotatable bonds is 7. The van der Waals surface area contributed by atoms with Crippen molar-refractivity contribution in [1.82, 2.24) is 5.32 Å². The van der Waals surface area contributed by atoms with Crippen LogP contribution in [-0.4, -0.2) is 28.1 Å². The van der Waals surface area contributed by atoms with Crippen molar-refractivity contribution in [2.24, 2.45) is 0 Å². The van der Waals surface area contributed by atoms with Crippen LogP contribution in [-0.2, 0) is 9.59 Å². The second-order valence-corrected chi connectivity index (χ2v) is 4.09. The van der Waals surface area contributed by atoms with E-state index in [-0.39, 0.29) is 17.0 Å². The van der Waals surface area contributed by atoms with E-state index in [4.69, 9.17) is 5.11 Å². The van der Waals surface area contributed by atoms with Crippen molar-refractivity contribution in [3.8, 4) is 0 Å². The molecule has 4 nitrogen and oxygen atoms in total. The molecule has 82 valence electrons. The third-order valence-corrected chi connectivity index (χ3v) is 2.77. The molecule has 0 aliphatic heterocycles. The normalized spacial score (nSPS) is 12.1. The van der Waals surface area contributed by atoms with E-state index in [1.54, 1.807) is 6.92 Å². The molecule has 1 atom stereocenters. The fraction of sp³-hybridized carbons (Fsp3) is 0.778. The second-order valence-electron chi connectivity index (χ2n) is 2.90. The number of carboxylic acids is 1. The Labute approximate surface area is 88.4 Å². The van der Waals surface area contributed by atoms with Crippen LogP contribution < -0.4 is 5.32 Å². The number of aliphatic carboxylic acids is 1. The molecule has 0 saturated heterocycles. The van der Waals surface area contributed by atoms with Crippen molar-refractivity contribution < 1.29 is 14.7 Å². The molecule has 0 heterocycles. The highest BCUT2D eigenvalue weighted by atomic mass is 32.2. The molecule has 1 unspecified atom stereocenters. The number of hydrogen-bond acceptors (Lipinski definition) is 3. The maximum atomic E-state index is 11.1. The summed E-state index contributed by atoms with van der Waals surface area (Å²) in [6.45, 7) is 3.78. The van der Waals surface area contributed by atoms with Gasteiger partial charge < -0.3 is 10.4 Å². The monoisotopic (exact) mass is 219 g/mol. The number of carbonyl (C=O) groups is 2. The summed E-state index contributed by atoms with van der Waals surface area (Å²) in [6, 6.07) is 0. The molecule has 0 aromatic carbocycles. The molecule has 0 fully saturated rings. The summed E-state index contributed by atoms with van der Waals surface area (Å²) in [4.78, 5) is 21.4. The first-order valence-corrected chi connectivity index (χ1v) is 5.77. The molecule has 1 amide bonds. The molecule has 0 aliphatic carbocycles. The SMILES string of the molecule is CCCC(NC(=O)CC)SCC(=O)O. The number of thioether (sulfide) groups is 1. The van der Waals surface area contributed by atoms with Crippen LogP contribution in [0.25, 0.3) is 0 Å². The fourth-order valence-electron chi connectivity index (χ4n) is 0.913. The third-order valence-electron chi connectivity index (χ3n) is 1.60. The zero-order chi connectivity index (χ0) is 11.0. The Kier molecular flexibility index (Phi) is 7.28. The van der Waals surface area contributed by atoms with E-state index in [1.165, 1.54) is 11.8 Å². The summed E-state index contributed by atoms with van der Waals surface area (Å²) in [7, 11) is 0. The first kappa shape index (κ1) is 13.3. The smallest absolute Gasteiger partial charge is 0.313 e. The van der Waals surface area contributed by atoms with Crippen LogP contribution in [0, 0.1) is 0 Å². The minimum Gasteiger partial charge on any atom is -0.481 e. The molecule has 0 aromatic heterocycles. The van der Waals surface area contributed by atoms with Gasteiger partial charge in [-0.3, -0.25) is 9.59 Å². The van der Waals surface area contributed by atoms with Crippen LogP contribution in [0.4, 0.5) is 0 Å². The zero-order valence-electron chi connectivity index (χ0n) is 8.58. The molecule has 5 heteroatoms. The topological polar surface area (TPSA) is 66.4 Å². The van der Waals surface area contributed by atoms with E-state index in [0.717, 1.165) is 12.8 Å². The molecule has 2 N–H and O–H groups in total. The predicted octanol–water partition coefficient (Wildman–Crippen LogP) is 1.46. The summed E-state index contributed by atoms with van der Waals surface area (Å²) in [6.07, 6.45) is 2.18. The zero-order valence-corrected chi connectivity index (χ0v) is 9.39. The molecule has 0 saturated carbocycles. The third kappa shape index (κ3) is 6.77. The Hall–Kier alpha value is -0.710. The van der Waals surface area contributed by atoms with Gasteiger partial charge in [-0.15, -0.1) is 11.8 Å². The van der Waals surface area contributed by atoms with Gasteiger partial charge in [-0.25, -0.2) is 0 Å². The van der Waals surface area contributed by atoms with Crippen molar-refractivity contribution in [3.63, 3.8) is 0 Å². The van der Waals surface area contributed by atoms with Crippen molar-refractivity contribution in [2.45, 2.75) is 38.5 Å². The van der Waals surface area contributed by atoms with Gasteiger partial charge in [0.05, 0.1) is 11.1 Å². The number of carbonyl (C=O) groups excluding carboxylic acids is 1. The summed E-state index contributed by atoms with van der Waals surface area (Å²) >= 11 is 1.27. The Morgan fingerprint density at radius 3 is 2.50 bits per heavy atom. The molecule has 0 aliphatic rings. The van der Waals surface area contributed by atoms with Gasteiger partial charge in [0.1, 0.15) is 0 Å². The van der Waals surface area contributed by atoms with Gasteiger partial charge in [0.15, 0.2) is 0 Å². The van der Waals surface area contributed by atoms with Crippen molar-refractivity contribution >= 4 is 23.6 Å². The van der Waals surface area contributed by atoms with E-state index in [9.17, 15) is 9.59 Å². The van der Waals surface area contributed by atoms with Gasteiger partial charge in [-0.2, -0.15) is 0 Å². The maximum absolute atomic E-state index is 11.1. The van der Waals surface area contributed by atoms with Gasteiger partial charge in [0.2, 0.25) is 5.91 Å².